The second-order valence-corrected chi connectivity index (χ2v) is 15.1. The van der Waals surface area contributed by atoms with Crippen molar-refractivity contribution in [3.8, 4) is 11.1 Å². The van der Waals surface area contributed by atoms with Crippen molar-refractivity contribution in [2.75, 3.05) is 46.3 Å². The molecule has 3 heterocycles. The quantitative estimate of drug-likeness (QED) is 0.152. The molecule has 6 rings (SSSR count). The lowest BCUT2D eigenvalue weighted by Crippen LogP contribution is -2.48. The van der Waals surface area contributed by atoms with Crippen LogP contribution in [0.1, 0.15) is 53.2 Å². The van der Waals surface area contributed by atoms with Crippen LogP contribution in [0.3, 0.4) is 0 Å². The van der Waals surface area contributed by atoms with E-state index in [0.717, 1.165) is 56.9 Å². The van der Waals surface area contributed by atoms with Crippen LogP contribution in [0.5, 0.6) is 0 Å². The number of carboxylic acids is 3. The highest BCUT2D eigenvalue weighted by Gasteiger charge is 2.44. The third-order valence-electron chi connectivity index (χ3n) is 10.3. The molecule has 0 radical (unpaired) electrons. The molecule has 348 valence electrons. The predicted octanol–water partition coefficient (Wildman–Crippen LogP) is 6.79. The molecule has 3 aromatic carbocycles. The van der Waals surface area contributed by atoms with Gasteiger partial charge in [-0.1, -0.05) is 36.4 Å². The number of halogens is 10. The van der Waals surface area contributed by atoms with Crippen molar-refractivity contribution in [3.63, 3.8) is 0 Å². The number of likely N-dealkylation sites (tertiary alicyclic amines) is 2. The Balaban J connectivity index is 0.000000416. The van der Waals surface area contributed by atoms with Crippen molar-refractivity contribution in [3.05, 3.63) is 94.8 Å². The van der Waals surface area contributed by atoms with Crippen LogP contribution < -0.4 is 10.6 Å². The minimum atomic E-state index is -5.08. The van der Waals surface area contributed by atoms with Crippen LogP contribution in [-0.2, 0) is 34.0 Å². The summed E-state index contributed by atoms with van der Waals surface area (Å²) >= 11 is 0. The van der Waals surface area contributed by atoms with Crippen LogP contribution in [-0.4, -0.2) is 130 Å². The molecule has 3 fully saturated rings. The van der Waals surface area contributed by atoms with Crippen LogP contribution in [0.2, 0.25) is 0 Å². The minimum Gasteiger partial charge on any atom is -0.475 e. The van der Waals surface area contributed by atoms with E-state index in [-0.39, 0.29) is 11.7 Å². The van der Waals surface area contributed by atoms with Crippen molar-refractivity contribution < 1.29 is 78.4 Å². The Hall–Kier alpha value is -5.32. The summed E-state index contributed by atoms with van der Waals surface area (Å²) in [6.07, 6.45) is -11.4. The van der Waals surface area contributed by atoms with Crippen molar-refractivity contribution in [1.29, 1.82) is 0 Å². The van der Waals surface area contributed by atoms with Crippen molar-refractivity contribution in [1.82, 2.24) is 25.3 Å². The maximum atomic E-state index is 15.0. The van der Waals surface area contributed by atoms with Crippen molar-refractivity contribution in [2.45, 2.75) is 75.9 Å². The summed E-state index contributed by atoms with van der Waals surface area (Å²) in [5.41, 5.74) is 5.65. The molecule has 0 aliphatic carbocycles. The highest BCUT2D eigenvalue weighted by atomic mass is 19.4. The van der Waals surface area contributed by atoms with Crippen molar-refractivity contribution in [2.24, 2.45) is 0 Å². The second kappa shape index (κ2) is 22.3. The highest BCUT2D eigenvalue weighted by Crippen LogP contribution is 2.37. The van der Waals surface area contributed by atoms with Crippen LogP contribution in [0.4, 0.5) is 43.9 Å². The van der Waals surface area contributed by atoms with Crippen LogP contribution in [0.15, 0.2) is 66.7 Å². The summed E-state index contributed by atoms with van der Waals surface area (Å²) < 4.78 is 110. The summed E-state index contributed by atoms with van der Waals surface area (Å²) in [7, 11) is 2.26. The fourth-order valence-electron chi connectivity index (χ4n) is 7.17. The number of nitrogens with zero attached hydrogens (tertiary/aromatic N) is 3. The fourth-order valence-corrected chi connectivity index (χ4v) is 7.17. The van der Waals surface area contributed by atoms with Gasteiger partial charge in [-0.2, -0.15) is 39.5 Å². The molecule has 3 saturated heterocycles. The SMILES string of the molecule is C[C@H]1CN(Cc2cccc(-c3cc(CNC(=O)c4cccc(CN5CCC6(CCCN6C)C5)c4)ccc3F)c2)CCN1.O=C(O)C(F)(F)F.O=C(O)C(F)(F)F.O=C(O)C(F)(F)F. The molecule has 3 aromatic rings. The van der Waals surface area contributed by atoms with Crippen LogP contribution in [0.25, 0.3) is 11.1 Å². The topological polar surface area (TPSA) is 163 Å². The first kappa shape index (κ1) is 52.0. The van der Waals surface area contributed by atoms with Gasteiger partial charge in [0.15, 0.2) is 0 Å². The number of rotatable bonds is 8. The van der Waals surface area contributed by atoms with E-state index in [1.165, 1.54) is 43.0 Å². The Bertz CT molecular complexity index is 1980. The monoisotopic (exact) mass is 911 g/mol. The number of piperazine rings is 1. The van der Waals surface area contributed by atoms with E-state index in [1.54, 1.807) is 6.07 Å². The lowest BCUT2D eigenvalue weighted by Gasteiger charge is -2.32. The van der Waals surface area contributed by atoms with Crippen molar-refractivity contribution >= 4 is 23.8 Å². The summed E-state index contributed by atoms with van der Waals surface area (Å²) in [5.74, 6) is -8.63. The number of carbonyl (C=O) groups is 4. The lowest BCUT2D eigenvalue weighted by atomic mass is 9.96. The first-order chi connectivity index (χ1) is 29.2. The van der Waals surface area contributed by atoms with E-state index < -0.39 is 36.4 Å². The Kier molecular flexibility index (Phi) is 18.5. The van der Waals surface area contributed by atoms with Gasteiger partial charge in [0.05, 0.1) is 0 Å². The first-order valence-electron chi connectivity index (χ1n) is 19.2. The van der Waals surface area contributed by atoms with Gasteiger partial charge in [-0.15, -0.1) is 0 Å². The average Bonchev–Trinajstić information content (AvgIpc) is 3.77. The van der Waals surface area contributed by atoms with E-state index in [0.29, 0.717) is 29.3 Å². The van der Waals surface area contributed by atoms with Gasteiger partial charge in [0, 0.05) is 75.1 Å². The molecule has 12 nitrogen and oxygen atoms in total. The third kappa shape index (κ3) is 16.7. The molecule has 3 aliphatic rings. The lowest BCUT2D eigenvalue weighted by molar-refractivity contribution is -0.193. The van der Waals surface area contributed by atoms with E-state index in [2.05, 4.69) is 57.5 Å². The number of likely N-dealkylation sites (N-methyl/N-ethyl adjacent to an activating group) is 1. The molecule has 22 heteroatoms. The maximum Gasteiger partial charge on any atom is 0.490 e. The van der Waals surface area contributed by atoms with Gasteiger partial charge in [-0.25, -0.2) is 18.8 Å². The number of carbonyl (C=O) groups excluding carboxylic acids is 1. The number of hydrogen-bond donors (Lipinski definition) is 5. The standard InChI is InChI=1S/C35H44FN5O.3C2HF3O2/c1-26-22-40(17-14-37-26)23-28-6-3-8-30(18-28)32-20-27(10-11-33(32)36)21-38-34(42)31-9-4-7-29(19-31)24-41-16-13-35(25-41)12-5-15-39(35)2;3*3-2(4,5)1(6)7/h3-4,6-11,18-20,26,37H,5,12-17,21-25H2,1-2H3,(H,38,42);3*(H,6,7)/t26-,35?;;;/m0.../s1. The van der Waals surface area contributed by atoms with E-state index >= 15 is 0 Å². The number of benzene rings is 3. The third-order valence-corrected chi connectivity index (χ3v) is 10.3. The first-order valence-corrected chi connectivity index (χ1v) is 19.2. The van der Waals surface area contributed by atoms with Gasteiger partial charge in [-0.3, -0.25) is 19.5 Å². The summed E-state index contributed by atoms with van der Waals surface area (Å²) in [5, 5.41) is 27.9. The molecular weight excluding hydrogens is 864 g/mol. The van der Waals surface area contributed by atoms with E-state index in [4.69, 9.17) is 29.7 Å². The maximum absolute atomic E-state index is 15.0. The molecule has 1 unspecified atom stereocenters. The Morgan fingerprint density at radius 2 is 1.29 bits per heavy atom. The summed E-state index contributed by atoms with van der Waals surface area (Å²) in [4.78, 5) is 47.3. The zero-order chi connectivity index (χ0) is 47.3. The van der Waals surface area contributed by atoms with E-state index in [9.17, 15) is 48.7 Å². The van der Waals surface area contributed by atoms with Crippen LogP contribution in [0, 0.1) is 5.82 Å². The number of hydrogen-bond acceptors (Lipinski definition) is 8. The second-order valence-electron chi connectivity index (χ2n) is 15.1. The molecule has 63 heavy (non-hydrogen) atoms. The van der Waals surface area contributed by atoms with E-state index in [1.807, 2.05) is 36.4 Å². The molecule has 5 N–H and O–H groups in total. The molecule has 0 bridgehead atoms. The molecular formula is C41H47F10N5O7. The zero-order valence-electron chi connectivity index (χ0n) is 34.0. The smallest absolute Gasteiger partial charge is 0.475 e. The molecule has 1 amide bonds. The normalized spacial score (nSPS) is 19.5. The number of alkyl halides is 9. The summed E-state index contributed by atoms with van der Waals surface area (Å²) in [6.45, 7) is 10.7. The number of nitrogens with one attached hydrogen (secondary N) is 2. The minimum absolute atomic E-state index is 0.108. The van der Waals surface area contributed by atoms with Crippen LogP contribution >= 0.6 is 0 Å². The Morgan fingerprint density at radius 1 is 0.730 bits per heavy atom. The fraction of sp³-hybridized carbons (Fsp3) is 0.463. The number of carboxylic acid groups (broad SMARTS) is 3. The number of aliphatic carboxylic acids is 3. The van der Waals surface area contributed by atoms with Gasteiger partial charge in [-0.05, 0) is 92.4 Å². The highest BCUT2D eigenvalue weighted by molar-refractivity contribution is 5.94. The molecule has 2 atom stereocenters. The largest absolute Gasteiger partial charge is 0.490 e. The number of amides is 1. The molecule has 0 aromatic heterocycles. The molecule has 3 aliphatic heterocycles. The average molecular weight is 912 g/mol. The zero-order valence-corrected chi connectivity index (χ0v) is 34.0. The molecule has 1 spiro atoms. The van der Waals surface area contributed by atoms with Gasteiger partial charge >= 0.3 is 36.4 Å². The Morgan fingerprint density at radius 3 is 1.83 bits per heavy atom. The predicted molar refractivity (Wildman–Crippen MR) is 208 cm³/mol. The molecule has 0 saturated carbocycles. The van der Waals surface area contributed by atoms with Gasteiger partial charge in [0.25, 0.3) is 5.91 Å². The van der Waals surface area contributed by atoms with Gasteiger partial charge < -0.3 is 26.0 Å². The Labute approximate surface area is 355 Å². The van der Waals surface area contributed by atoms with Gasteiger partial charge in [0.1, 0.15) is 5.82 Å². The summed E-state index contributed by atoms with van der Waals surface area (Å²) in [6, 6.07) is 21.7. The van der Waals surface area contributed by atoms with Gasteiger partial charge in [0.2, 0.25) is 0 Å².